The number of nitrogens with zero attached hydrogens (tertiary/aromatic N) is 3. The number of hydrogen-bond donors (Lipinski definition) is 1. The zero-order valence-electron chi connectivity index (χ0n) is 12.4. The lowest BCUT2D eigenvalue weighted by molar-refractivity contribution is -0.384. The molecule has 1 aliphatic heterocycles. The fourth-order valence-electron chi connectivity index (χ4n) is 1.66. The Labute approximate surface area is 154 Å². The van der Waals surface area contributed by atoms with E-state index in [0.717, 1.165) is 24.1 Å². The number of amides is 1. The van der Waals surface area contributed by atoms with Gasteiger partial charge >= 0.3 is 5.97 Å². The molecule has 1 aliphatic rings. The number of nitro groups is 1. The van der Waals surface area contributed by atoms with Crippen LogP contribution in [0.3, 0.4) is 0 Å². The monoisotopic (exact) mass is 402 g/mol. The van der Waals surface area contributed by atoms with Gasteiger partial charge in [0.2, 0.25) is 0 Å². The molecule has 0 radical (unpaired) electrons. The van der Waals surface area contributed by atoms with Gasteiger partial charge in [-0.05, 0) is 23.9 Å². The Morgan fingerprint density at radius 2 is 2.16 bits per heavy atom. The molecule has 25 heavy (non-hydrogen) atoms. The maximum atomic E-state index is 11.6. The first-order chi connectivity index (χ1) is 11.8. The predicted octanol–water partition coefficient (Wildman–Crippen LogP) is 2.51. The molecule has 0 bridgehead atoms. The van der Waals surface area contributed by atoms with Crippen molar-refractivity contribution in [2.24, 2.45) is 10.2 Å². The Kier molecular flexibility index (Phi) is 6.12. The molecule has 1 fully saturated rings. The predicted molar refractivity (Wildman–Crippen MR) is 94.0 cm³/mol. The molecule has 0 saturated carbocycles. The zero-order chi connectivity index (χ0) is 18.6. The third-order valence-corrected chi connectivity index (χ3v) is 4.09. The van der Waals surface area contributed by atoms with Crippen LogP contribution in [-0.2, 0) is 14.3 Å². The van der Waals surface area contributed by atoms with Crippen molar-refractivity contribution in [3.63, 3.8) is 0 Å². The van der Waals surface area contributed by atoms with Crippen LogP contribution in [0.5, 0.6) is 0 Å². The average Bonchev–Trinajstić information content (AvgIpc) is 2.85. The van der Waals surface area contributed by atoms with Crippen LogP contribution in [0.15, 0.2) is 33.3 Å². The number of esters is 1. The van der Waals surface area contributed by atoms with Gasteiger partial charge in [0.25, 0.3) is 11.6 Å². The molecule has 12 heteroatoms. The third-order valence-electron chi connectivity index (χ3n) is 2.69. The SMILES string of the molecule is COC(=O)/C=C1/S/C(=N\N=Cc2cc(Cl)cc(Cl)c2[N+](=O)[O-])NC1=O. The van der Waals surface area contributed by atoms with Crippen molar-refractivity contribution < 1.29 is 19.2 Å². The number of rotatable bonds is 4. The van der Waals surface area contributed by atoms with E-state index in [-0.39, 0.29) is 31.4 Å². The molecule has 1 N–H and O–H groups in total. The topological polar surface area (TPSA) is 123 Å². The highest BCUT2D eigenvalue weighted by Gasteiger charge is 2.25. The van der Waals surface area contributed by atoms with Crippen LogP contribution in [0.25, 0.3) is 0 Å². The van der Waals surface area contributed by atoms with Gasteiger partial charge in [0.15, 0.2) is 5.17 Å². The highest BCUT2D eigenvalue weighted by molar-refractivity contribution is 8.18. The summed E-state index contributed by atoms with van der Waals surface area (Å²) in [5.74, 6) is -1.23. The Hall–Kier alpha value is -2.43. The summed E-state index contributed by atoms with van der Waals surface area (Å²) in [7, 11) is 1.18. The Morgan fingerprint density at radius 1 is 1.44 bits per heavy atom. The summed E-state index contributed by atoms with van der Waals surface area (Å²) in [4.78, 5) is 33.2. The van der Waals surface area contributed by atoms with E-state index >= 15 is 0 Å². The fraction of sp³-hybridized carbons (Fsp3) is 0.0769. The number of thioether (sulfide) groups is 1. The van der Waals surface area contributed by atoms with Crippen LogP contribution >= 0.6 is 35.0 Å². The number of halogens is 2. The van der Waals surface area contributed by atoms with Crippen molar-refractivity contribution in [2.75, 3.05) is 7.11 Å². The van der Waals surface area contributed by atoms with Crippen LogP contribution in [-0.4, -0.2) is 35.3 Å². The van der Waals surface area contributed by atoms with Crippen LogP contribution in [0.1, 0.15) is 5.56 Å². The van der Waals surface area contributed by atoms with Crippen molar-refractivity contribution in [1.29, 1.82) is 0 Å². The summed E-state index contributed by atoms with van der Waals surface area (Å²) >= 11 is 12.5. The Morgan fingerprint density at radius 3 is 2.80 bits per heavy atom. The van der Waals surface area contributed by atoms with Gasteiger partial charge in [-0.15, -0.1) is 5.10 Å². The number of carbonyl (C=O) groups is 2. The van der Waals surface area contributed by atoms with E-state index in [1.165, 1.54) is 19.2 Å². The number of hydrogen-bond acceptors (Lipinski definition) is 8. The molecule has 0 aliphatic carbocycles. The minimum absolute atomic E-state index is 0.0477. The van der Waals surface area contributed by atoms with Crippen LogP contribution in [0.4, 0.5) is 5.69 Å². The van der Waals surface area contributed by atoms with Gasteiger partial charge < -0.3 is 4.74 Å². The highest BCUT2D eigenvalue weighted by atomic mass is 35.5. The Bertz CT molecular complexity index is 853. The van der Waals surface area contributed by atoms with Crippen LogP contribution < -0.4 is 5.32 Å². The number of amidine groups is 1. The number of nitrogens with one attached hydrogen (secondary N) is 1. The second kappa shape index (κ2) is 8.10. The molecule has 1 aromatic rings. The van der Waals surface area contributed by atoms with Crippen molar-refractivity contribution in [3.05, 3.63) is 48.8 Å². The average molecular weight is 403 g/mol. The number of nitro benzene ring substituents is 1. The molecule has 1 amide bonds. The van der Waals surface area contributed by atoms with E-state index in [0.29, 0.717) is 0 Å². The maximum Gasteiger partial charge on any atom is 0.331 e. The molecule has 1 saturated heterocycles. The second-order valence-corrected chi connectivity index (χ2v) is 6.19. The van der Waals surface area contributed by atoms with Gasteiger partial charge in [-0.25, -0.2) is 4.79 Å². The minimum atomic E-state index is -0.688. The van der Waals surface area contributed by atoms with Crippen LogP contribution in [0, 0.1) is 10.1 Å². The van der Waals surface area contributed by atoms with Crippen molar-refractivity contribution in [1.82, 2.24) is 5.32 Å². The van der Waals surface area contributed by atoms with Crippen LogP contribution in [0.2, 0.25) is 10.0 Å². The highest BCUT2D eigenvalue weighted by Crippen LogP contribution is 2.31. The molecule has 9 nitrogen and oxygen atoms in total. The smallest absolute Gasteiger partial charge is 0.331 e. The standard InChI is InChI=1S/C13H8Cl2N4O5S/c1-24-10(20)4-9-12(21)17-13(25-9)18-16-5-6-2-7(14)3-8(15)11(6)19(22)23/h2-5H,1H3,(H,17,18,21)/b9-4+,16-5?. The summed E-state index contributed by atoms with van der Waals surface area (Å²) in [6.07, 6.45) is 2.09. The third kappa shape index (κ3) is 4.78. The summed E-state index contributed by atoms with van der Waals surface area (Å²) in [5, 5.41) is 21.0. The fourth-order valence-corrected chi connectivity index (χ4v) is 2.98. The number of ether oxygens (including phenoxy) is 1. The van der Waals surface area contributed by atoms with Gasteiger partial charge in [-0.3, -0.25) is 20.2 Å². The Balaban J connectivity index is 2.23. The maximum absolute atomic E-state index is 11.6. The van der Waals surface area contributed by atoms with E-state index in [2.05, 4.69) is 20.3 Å². The number of methoxy groups -OCH3 is 1. The molecule has 0 atom stereocenters. The summed E-state index contributed by atoms with van der Waals surface area (Å²) in [5.41, 5.74) is -0.323. The molecule has 130 valence electrons. The molecule has 0 unspecified atom stereocenters. The van der Waals surface area contributed by atoms with Crippen molar-refractivity contribution in [2.45, 2.75) is 0 Å². The van der Waals surface area contributed by atoms with E-state index in [9.17, 15) is 19.7 Å². The van der Waals surface area contributed by atoms with E-state index < -0.39 is 16.8 Å². The van der Waals surface area contributed by atoms with E-state index in [4.69, 9.17) is 23.2 Å². The summed E-state index contributed by atoms with van der Waals surface area (Å²) in [6.45, 7) is 0. The molecule has 2 rings (SSSR count). The lowest BCUT2D eigenvalue weighted by atomic mass is 10.2. The number of carbonyl (C=O) groups excluding carboxylic acids is 2. The lowest BCUT2D eigenvalue weighted by Gasteiger charge is -2.00. The van der Waals surface area contributed by atoms with Gasteiger partial charge in [0.1, 0.15) is 5.02 Å². The largest absolute Gasteiger partial charge is 0.466 e. The lowest BCUT2D eigenvalue weighted by Crippen LogP contribution is -2.19. The zero-order valence-corrected chi connectivity index (χ0v) is 14.7. The first-order valence-electron chi connectivity index (χ1n) is 6.35. The van der Waals surface area contributed by atoms with Gasteiger partial charge in [0.05, 0.1) is 28.7 Å². The first-order valence-corrected chi connectivity index (χ1v) is 7.92. The van der Waals surface area contributed by atoms with Crippen molar-refractivity contribution >= 4 is 63.9 Å². The van der Waals surface area contributed by atoms with Gasteiger partial charge in [-0.1, -0.05) is 23.2 Å². The second-order valence-electron chi connectivity index (χ2n) is 4.32. The summed E-state index contributed by atoms with van der Waals surface area (Å²) in [6, 6.07) is 2.54. The normalized spacial score (nSPS) is 17.3. The van der Waals surface area contributed by atoms with Gasteiger partial charge in [-0.2, -0.15) is 5.10 Å². The molecule has 0 spiro atoms. The molecule has 1 aromatic carbocycles. The van der Waals surface area contributed by atoms with Gasteiger partial charge in [0, 0.05) is 11.1 Å². The quantitative estimate of drug-likeness (QED) is 0.271. The van der Waals surface area contributed by atoms with Crippen molar-refractivity contribution in [3.8, 4) is 0 Å². The first kappa shape index (κ1) is 18.9. The molecular formula is C13H8Cl2N4O5S. The minimum Gasteiger partial charge on any atom is -0.466 e. The molecular weight excluding hydrogens is 395 g/mol. The van der Waals surface area contributed by atoms with E-state index in [1.54, 1.807) is 0 Å². The molecule has 1 heterocycles. The number of benzene rings is 1. The van der Waals surface area contributed by atoms with E-state index in [1.807, 2.05) is 0 Å². The molecule has 0 aromatic heterocycles. The summed E-state index contributed by atoms with van der Waals surface area (Å²) < 4.78 is 4.43.